The van der Waals surface area contributed by atoms with Gasteiger partial charge in [-0.3, -0.25) is 9.59 Å². The Bertz CT molecular complexity index is 2190. The van der Waals surface area contributed by atoms with Crippen molar-refractivity contribution in [2.75, 3.05) is 26.1 Å². The highest BCUT2D eigenvalue weighted by Crippen LogP contribution is 2.31. The van der Waals surface area contributed by atoms with Crippen molar-refractivity contribution < 1.29 is 36.1 Å². The normalized spacial score (nSPS) is 16.8. The fourth-order valence-electron chi connectivity index (χ4n) is 5.03. The zero-order valence-electron chi connectivity index (χ0n) is 35.6. The zero-order chi connectivity index (χ0) is 42.4. The number of aromatic nitrogens is 2. The summed E-state index contributed by atoms with van der Waals surface area (Å²) in [5.41, 5.74) is -3.47. The van der Waals surface area contributed by atoms with Crippen LogP contribution in [0.3, 0.4) is 0 Å². The molecule has 1 aliphatic rings. The predicted octanol–water partition coefficient (Wildman–Crippen LogP) is 7.22. The van der Waals surface area contributed by atoms with E-state index in [-0.39, 0.29) is 49.0 Å². The number of carbonyl (C=O) groups excluding carboxylic acids is 1. The van der Waals surface area contributed by atoms with Gasteiger partial charge < -0.3 is 14.4 Å². The number of thioether (sulfide) groups is 1. The topological polar surface area (TPSA) is 58.4 Å². The number of alkyl halides is 3. The molecule has 0 bridgehead atoms. The van der Waals surface area contributed by atoms with Gasteiger partial charge in [0.25, 0.3) is 5.56 Å². The standard InChI is InChI=1S/C36H38F4N4O2S/c1-3-42(4-2)20-21-43(22-25-8-12-27(13-9-25)28-14-16-29(17-15-28)36(38,39)40)33(45)23-44-32-7-5-6-31(32)34(46)41-35(44)47-24-26-10-18-30(37)19-11-26/h8-19H,3-7,20-24H2,1-2H3/i10D,11D,18D,19D,20D2,21D2,24D2. The molecule has 0 radical (unpaired) electrons. The number of carbonyl (C=O) groups is 1. The number of hydrogen-bond donors (Lipinski definition) is 0. The lowest BCUT2D eigenvalue weighted by molar-refractivity contribution is -0.137. The van der Waals surface area contributed by atoms with Crippen molar-refractivity contribution in [2.45, 2.75) is 63.2 Å². The van der Waals surface area contributed by atoms with E-state index < -0.39 is 95.7 Å². The molecule has 0 atom stereocenters. The van der Waals surface area contributed by atoms with Crippen LogP contribution in [-0.2, 0) is 42.6 Å². The molecular weight excluding hydrogens is 628 g/mol. The van der Waals surface area contributed by atoms with E-state index in [2.05, 4.69) is 4.98 Å². The van der Waals surface area contributed by atoms with Gasteiger partial charge in [0.05, 0.1) is 13.8 Å². The highest BCUT2D eigenvalue weighted by molar-refractivity contribution is 7.98. The van der Waals surface area contributed by atoms with Gasteiger partial charge in [0.2, 0.25) is 5.91 Å². The fraction of sp³-hybridized carbons (Fsp3) is 0.361. The maximum absolute atomic E-state index is 14.5. The minimum absolute atomic E-state index is 0.0688. The molecule has 11 heteroatoms. The number of amides is 1. The number of nitrogens with zero attached hydrogens (tertiary/aromatic N) is 4. The molecule has 5 rings (SSSR count). The van der Waals surface area contributed by atoms with Crippen LogP contribution in [0.1, 0.15) is 61.9 Å². The molecule has 0 aliphatic heterocycles. The van der Waals surface area contributed by atoms with Gasteiger partial charge in [-0.1, -0.05) is 74.1 Å². The second-order valence-electron chi connectivity index (χ2n) is 10.6. The minimum Gasteiger partial charge on any atom is -0.336 e. The maximum atomic E-state index is 14.5. The summed E-state index contributed by atoms with van der Waals surface area (Å²) in [6.45, 7) is -3.71. The van der Waals surface area contributed by atoms with E-state index in [1.807, 2.05) is 0 Å². The quantitative estimate of drug-likeness (QED) is 0.0851. The van der Waals surface area contributed by atoms with Crippen molar-refractivity contribution in [2.24, 2.45) is 0 Å². The van der Waals surface area contributed by atoms with Crippen LogP contribution in [0, 0.1) is 5.82 Å². The second-order valence-corrected chi connectivity index (χ2v) is 11.4. The van der Waals surface area contributed by atoms with Crippen LogP contribution in [0.4, 0.5) is 17.6 Å². The number of hydrogen-bond acceptors (Lipinski definition) is 5. The van der Waals surface area contributed by atoms with Crippen molar-refractivity contribution in [1.29, 1.82) is 0 Å². The van der Waals surface area contributed by atoms with Crippen LogP contribution in [0.25, 0.3) is 11.1 Å². The van der Waals surface area contributed by atoms with Gasteiger partial charge in [0, 0.05) is 42.0 Å². The van der Waals surface area contributed by atoms with Crippen molar-refractivity contribution in [3.63, 3.8) is 0 Å². The van der Waals surface area contributed by atoms with Crippen molar-refractivity contribution in [3.05, 3.63) is 117 Å². The van der Waals surface area contributed by atoms with E-state index in [0.29, 0.717) is 28.0 Å². The third-order valence-corrected chi connectivity index (χ3v) is 8.38. The molecule has 248 valence electrons. The van der Waals surface area contributed by atoms with Gasteiger partial charge in [0.1, 0.15) is 12.4 Å². The molecule has 0 N–H and O–H groups in total. The third kappa shape index (κ3) is 8.70. The zero-order valence-corrected chi connectivity index (χ0v) is 26.4. The first-order valence-electron chi connectivity index (χ1n) is 19.9. The molecule has 47 heavy (non-hydrogen) atoms. The Kier molecular flexibility index (Phi) is 7.61. The Morgan fingerprint density at radius 2 is 1.60 bits per heavy atom. The molecule has 0 saturated carbocycles. The summed E-state index contributed by atoms with van der Waals surface area (Å²) < 4.78 is 141. The van der Waals surface area contributed by atoms with E-state index >= 15 is 0 Å². The second kappa shape index (κ2) is 15.3. The van der Waals surface area contributed by atoms with Crippen LogP contribution in [0.2, 0.25) is 0 Å². The molecule has 1 aliphatic carbocycles. The summed E-state index contributed by atoms with van der Waals surface area (Å²) in [4.78, 5) is 33.6. The lowest BCUT2D eigenvalue weighted by Gasteiger charge is -2.28. The average Bonchev–Trinajstić information content (AvgIpc) is 3.65. The summed E-state index contributed by atoms with van der Waals surface area (Å²) in [7, 11) is 0. The van der Waals surface area contributed by atoms with E-state index in [0.717, 1.165) is 12.1 Å². The SMILES string of the molecule is [2H]c1c([2H])c(C([2H])([2H])Sc2nc(=O)c3c(n2CC(=O)N(Cc2ccc(-c4ccc(C(F)(F)F)cc4)cc2)C([2H])([2H])C([2H])([2H])N(CC)CC)CCC3)c([2H])c([2H])c1F. The molecule has 0 saturated heterocycles. The van der Waals surface area contributed by atoms with Gasteiger partial charge in [-0.05, 0) is 78.8 Å². The molecule has 0 spiro atoms. The molecule has 0 fully saturated rings. The van der Waals surface area contributed by atoms with E-state index in [9.17, 15) is 27.2 Å². The smallest absolute Gasteiger partial charge is 0.336 e. The molecule has 3 aromatic carbocycles. The Labute approximate surface area is 290 Å². The number of rotatable bonds is 13. The molecule has 1 aromatic heterocycles. The van der Waals surface area contributed by atoms with Crippen LogP contribution in [0.5, 0.6) is 0 Å². The summed E-state index contributed by atoms with van der Waals surface area (Å²) in [6, 6.07) is 6.39. The Morgan fingerprint density at radius 1 is 0.957 bits per heavy atom. The molecule has 4 aromatic rings. The van der Waals surface area contributed by atoms with Crippen LogP contribution in [-0.4, -0.2) is 51.3 Å². The Hall–Kier alpha value is -3.96. The van der Waals surface area contributed by atoms with Crippen LogP contribution >= 0.6 is 11.8 Å². The third-order valence-electron chi connectivity index (χ3n) is 7.58. The van der Waals surface area contributed by atoms with Gasteiger partial charge in [-0.25, -0.2) is 4.39 Å². The lowest BCUT2D eigenvalue weighted by atomic mass is 10.0. The molecule has 1 amide bonds. The van der Waals surface area contributed by atoms with Gasteiger partial charge in [0.15, 0.2) is 5.16 Å². The monoisotopic (exact) mass is 676 g/mol. The van der Waals surface area contributed by atoms with E-state index in [4.69, 9.17) is 13.7 Å². The lowest BCUT2D eigenvalue weighted by Crippen LogP contribution is -2.40. The van der Waals surface area contributed by atoms with E-state index in [1.54, 1.807) is 26.0 Å². The van der Waals surface area contributed by atoms with Crippen molar-refractivity contribution in [3.8, 4) is 11.1 Å². The number of likely N-dealkylation sites (N-methyl/N-ethyl adjacent to an activating group) is 1. The van der Waals surface area contributed by atoms with E-state index in [1.165, 1.54) is 33.7 Å². The predicted molar refractivity (Wildman–Crippen MR) is 177 cm³/mol. The molecule has 0 unspecified atom stereocenters. The highest BCUT2D eigenvalue weighted by atomic mass is 32.2. The van der Waals surface area contributed by atoms with Gasteiger partial charge in [-0.15, -0.1) is 0 Å². The van der Waals surface area contributed by atoms with Crippen molar-refractivity contribution in [1.82, 2.24) is 19.4 Å². The average molecular weight is 677 g/mol. The highest BCUT2D eigenvalue weighted by Gasteiger charge is 2.30. The number of benzene rings is 3. The number of fused-ring (bicyclic) bond motifs is 1. The first-order chi connectivity index (χ1) is 26.5. The minimum atomic E-state index is -4.53. The summed E-state index contributed by atoms with van der Waals surface area (Å²) in [6.07, 6.45) is -3.57. The Morgan fingerprint density at radius 3 is 2.21 bits per heavy atom. The fourth-order valence-corrected chi connectivity index (χ4v) is 5.74. The summed E-state index contributed by atoms with van der Waals surface area (Å²) >= 11 is 0.189. The van der Waals surface area contributed by atoms with Crippen LogP contribution in [0.15, 0.2) is 82.7 Å². The van der Waals surface area contributed by atoms with Crippen LogP contribution < -0.4 is 5.56 Å². The molecule has 6 nitrogen and oxygen atoms in total. The Balaban J connectivity index is 1.57. The summed E-state index contributed by atoms with van der Waals surface area (Å²) in [5, 5.41) is -0.423. The maximum Gasteiger partial charge on any atom is 0.416 e. The van der Waals surface area contributed by atoms with Gasteiger partial charge >= 0.3 is 6.18 Å². The first-order valence-corrected chi connectivity index (χ1v) is 15.7. The van der Waals surface area contributed by atoms with Crippen molar-refractivity contribution >= 4 is 17.7 Å². The molecular formula is C36H38F4N4O2S. The van der Waals surface area contributed by atoms with Gasteiger partial charge in [-0.2, -0.15) is 18.2 Å². The summed E-state index contributed by atoms with van der Waals surface area (Å²) in [5.74, 6) is -2.49. The number of halogens is 4. The molecule has 1 heterocycles. The first kappa shape index (κ1) is 23.4. The largest absolute Gasteiger partial charge is 0.416 e.